The standard InChI is InChI=1S/C18H20ClN7S/c19-14-3-7-22-17-15(4-8-21-16(14)17)23-24-18(27)26-11-9-25(10-12-26)13-1-5-20-6-2-13/h1-3,5-7,21H,4,8-12H2,(H,24,27)/b23-15-. The van der Waals surface area contributed by atoms with Crippen LogP contribution in [0.25, 0.3) is 0 Å². The molecule has 2 aliphatic heterocycles. The average Bonchev–Trinajstić information content (AvgIpc) is 2.73. The maximum Gasteiger partial charge on any atom is 0.189 e. The van der Waals surface area contributed by atoms with E-state index >= 15 is 0 Å². The van der Waals surface area contributed by atoms with Crippen molar-refractivity contribution in [3.63, 3.8) is 0 Å². The van der Waals surface area contributed by atoms with E-state index in [0.717, 1.165) is 56.2 Å². The Morgan fingerprint density at radius 3 is 2.70 bits per heavy atom. The zero-order valence-corrected chi connectivity index (χ0v) is 16.3. The minimum absolute atomic E-state index is 0.638. The maximum atomic E-state index is 6.24. The fourth-order valence-electron chi connectivity index (χ4n) is 3.27. The Hall–Kier alpha value is -2.45. The van der Waals surface area contributed by atoms with Gasteiger partial charge in [0.1, 0.15) is 5.69 Å². The van der Waals surface area contributed by atoms with E-state index in [1.165, 1.54) is 5.69 Å². The quantitative estimate of drug-likeness (QED) is 0.591. The van der Waals surface area contributed by atoms with E-state index in [9.17, 15) is 0 Å². The summed E-state index contributed by atoms with van der Waals surface area (Å²) in [5.74, 6) is 0. The van der Waals surface area contributed by atoms with Gasteiger partial charge in [-0.15, -0.1) is 0 Å². The molecule has 2 aromatic rings. The average molecular weight is 402 g/mol. The third-order valence-corrected chi connectivity index (χ3v) is 5.38. The molecule has 2 aromatic heterocycles. The molecule has 140 valence electrons. The first-order chi connectivity index (χ1) is 13.2. The summed E-state index contributed by atoms with van der Waals surface area (Å²) in [6.45, 7) is 4.29. The number of nitrogens with zero attached hydrogens (tertiary/aromatic N) is 5. The van der Waals surface area contributed by atoms with Crippen LogP contribution in [0.3, 0.4) is 0 Å². The Labute approximate surface area is 168 Å². The fraction of sp³-hybridized carbons (Fsp3) is 0.333. The number of hydrazone groups is 1. The van der Waals surface area contributed by atoms with E-state index in [1.807, 2.05) is 24.5 Å². The van der Waals surface area contributed by atoms with Crippen molar-refractivity contribution in [2.24, 2.45) is 5.10 Å². The van der Waals surface area contributed by atoms with Crippen molar-refractivity contribution in [2.75, 3.05) is 42.9 Å². The fourth-order valence-corrected chi connectivity index (χ4v) is 3.71. The van der Waals surface area contributed by atoms with Gasteiger partial charge in [-0.25, -0.2) is 0 Å². The molecule has 4 heterocycles. The van der Waals surface area contributed by atoms with Crippen molar-refractivity contribution in [3.8, 4) is 0 Å². The molecule has 0 spiro atoms. The molecule has 0 atom stereocenters. The monoisotopic (exact) mass is 401 g/mol. The van der Waals surface area contributed by atoms with Crippen molar-refractivity contribution in [2.45, 2.75) is 6.42 Å². The summed E-state index contributed by atoms with van der Waals surface area (Å²) in [7, 11) is 0. The van der Waals surface area contributed by atoms with Crippen LogP contribution in [0.2, 0.25) is 5.02 Å². The van der Waals surface area contributed by atoms with E-state index in [-0.39, 0.29) is 0 Å². The van der Waals surface area contributed by atoms with Crippen molar-refractivity contribution in [1.82, 2.24) is 20.3 Å². The van der Waals surface area contributed by atoms with Crippen LogP contribution in [-0.4, -0.2) is 58.4 Å². The van der Waals surface area contributed by atoms with Gasteiger partial charge in [0.25, 0.3) is 0 Å². The second kappa shape index (κ2) is 8.06. The van der Waals surface area contributed by atoms with Crippen molar-refractivity contribution in [3.05, 3.63) is 47.5 Å². The van der Waals surface area contributed by atoms with E-state index in [0.29, 0.717) is 10.1 Å². The highest BCUT2D eigenvalue weighted by molar-refractivity contribution is 7.80. The van der Waals surface area contributed by atoms with Gasteiger partial charge < -0.3 is 15.1 Å². The maximum absolute atomic E-state index is 6.24. The van der Waals surface area contributed by atoms with Crippen molar-refractivity contribution >= 4 is 46.0 Å². The second-order valence-electron chi connectivity index (χ2n) is 6.35. The molecule has 0 radical (unpaired) electrons. The van der Waals surface area contributed by atoms with Crippen LogP contribution in [-0.2, 0) is 0 Å². The summed E-state index contributed by atoms with van der Waals surface area (Å²) in [5, 5.41) is 9.09. The highest BCUT2D eigenvalue weighted by atomic mass is 35.5. The predicted molar refractivity (Wildman–Crippen MR) is 113 cm³/mol. The SMILES string of the molecule is S=C(N/N=C1/CCNc2c(Cl)ccnc21)N1CCN(c2ccncc2)CC1. The molecule has 0 bridgehead atoms. The van der Waals surface area contributed by atoms with Crippen LogP contribution in [0.15, 0.2) is 41.9 Å². The largest absolute Gasteiger partial charge is 0.382 e. The van der Waals surface area contributed by atoms with Crippen LogP contribution in [0.1, 0.15) is 12.1 Å². The van der Waals surface area contributed by atoms with E-state index in [1.54, 1.807) is 12.3 Å². The van der Waals surface area contributed by atoms with E-state index < -0.39 is 0 Å². The van der Waals surface area contributed by atoms with Crippen LogP contribution in [0.5, 0.6) is 0 Å². The number of aromatic nitrogens is 2. The number of piperazine rings is 1. The zero-order chi connectivity index (χ0) is 18.6. The summed E-state index contributed by atoms with van der Waals surface area (Å²) >= 11 is 11.8. The Balaban J connectivity index is 1.37. The van der Waals surface area contributed by atoms with Gasteiger partial charge in [0.05, 0.1) is 16.4 Å². The van der Waals surface area contributed by atoms with Crippen LogP contribution >= 0.6 is 23.8 Å². The number of anilines is 2. The summed E-state index contributed by atoms with van der Waals surface area (Å²) in [6, 6.07) is 5.84. The van der Waals surface area contributed by atoms with Gasteiger partial charge in [-0.05, 0) is 30.4 Å². The molecule has 0 saturated carbocycles. The molecule has 1 saturated heterocycles. The molecule has 7 nitrogen and oxygen atoms in total. The molecule has 4 rings (SSSR count). The lowest BCUT2D eigenvalue weighted by atomic mass is 10.1. The van der Waals surface area contributed by atoms with Gasteiger partial charge in [-0.1, -0.05) is 11.6 Å². The van der Waals surface area contributed by atoms with Gasteiger partial charge in [0, 0.05) is 63.4 Å². The first kappa shape index (κ1) is 17.9. The number of hydrogen-bond donors (Lipinski definition) is 2. The minimum Gasteiger partial charge on any atom is -0.382 e. The molecule has 1 fully saturated rings. The normalized spacial score (nSPS) is 18.0. The molecule has 0 amide bonds. The first-order valence-electron chi connectivity index (χ1n) is 8.87. The number of nitrogens with one attached hydrogen (secondary N) is 2. The van der Waals surface area contributed by atoms with Gasteiger partial charge in [0.2, 0.25) is 0 Å². The summed E-state index contributed by atoms with van der Waals surface area (Å²) < 4.78 is 0. The Kier molecular flexibility index (Phi) is 5.35. The Morgan fingerprint density at radius 1 is 1.15 bits per heavy atom. The highest BCUT2D eigenvalue weighted by Gasteiger charge is 2.21. The van der Waals surface area contributed by atoms with E-state index in [4.69, 9.17) is 23.8 Å². The number of halogens is 1. The second-order valence-corrected chi connectivity index (χ2v) is 7.14. The van der Waals surface area contributed by atoms with Crippen molar-refractivity contribution in [1.29, 1.82) is 0 Å². The van der Waals surface area contributed by atoms with Crippen molar-refractivity contribution < 1.29 is 0 Å². The minimum atomic E-state index is 0.638. The zero-order valence-electron chi connectivity index (χ0n) is 14.7. The number of rotatable bonds is 2. The molecule has 2 N–H and O–H groups in total. The van der Waals surface area contributed by atoms with Crippen LogP contribution in [0.4, 0.5) is 11.4 Å². The number of fused-ring (bicyclic) bond motifs is 1. The molecule has 27 heavy (non-hydrogen) atoms. The number of hydrogen-bond acceptors (Lipinski definition) is 6. The Bertz CT molecular complexity index is 850. The molecule has 0 aliphatic carbocycles. The predicted octanol–water partition coefficient (Wildman–Crippen LogP) is 2.35. The molecule has 2 aliphatic rings. The number of pyridine rings is 2. The lowest BCUT2D eigenvalue weighted by Gasteiger charge is -2.37. The van der Waals surface area contributed by atoms with E-state index in [2.05, 4.69) is 35.6 Å². The van der Waals surface area contributed by atoms with Gasteiger partial charge in [0.15, 0.2) is 5.11 Å². The molecule has 9 heteroatoms. The summed E-state index contributed by atoms with van der Waals surface area (Å²) in [5.41, 5.74) is 6.72. The lowest BCUT2D eigenvalue weighted by Crippen LogP contribution is -2.51. The third-order valence-electron chi connectivity index (χ3n) is 4.72. The van der Waals surface area contributed by atoms with Gasteiger partial charge in [-0.3, -0.25) is 15.4 Å². The molecular weight excluding hydrogens is 382 g/mol. The van der Waals surface area contributed by atoms with Gasteiger partial charge in [-0.2, -0.15) is 5.10 Å². The Morgan fingerprint density at radius 2 is 1.93 bits per heavy atom. The number of thiocarbonyl (C=S) groups is 1. The third kappa shape index (κ3) is 3.96. The topological polar surface area (TPSA) is 68.7 Å². The van der Waals surface area contributed by atoms with Crippen LogP contribution < -0.4 is 15.6 Å². The molecule has 0 aromatic carbocycles. The molecule has 0 unspecified atom stereocenters. The highest BCUT2D eigenvalue weighted by Crippen LogP contribution is 2.28. The lowest BCUT2D eigenvalue weighted by molar-refractivity contribution is 0.381. The first-order valence-corrected chi connectivity index (χ1v) is 9.66. The molecular formula is C18H20ClN7S. The summed E-state index contributed by atoms with van der Waals surface area (Å²) in [4.78, 5) is 13.0. The van der Waals surface area contributed by atoms with Gasteiger partial charge >= 0.3 is 0 Å². The smallest absolute Gasteiger partial charge is 0.189 e. The summed E-state index contributed by atoms with van der Waals surface area (Å²) in [6.07, 6.45) is 6.11. The van der Waals surface area contributed by atoms with Crippen LogP contribution in [0, 0.1) is 0 Å².